The molecular formula is C17H23BrN4O. The number of nitrogens with zero attached hydrogens (tertiary/aromatic N) is 2. The normalized spacial score (nSPS) is 12.2. The number of amides is 1. The van der Waals surface area contributed by atoms with Crippen LogP contribution in [-0.4, -0.2) is 34.8 Å². The quantitative estimate of drug-likeness (QED) is 0.778. The molecule has 2 rings (SSSR count). The van der Waals surface area contributed by atoms with Gasteiger partial charge in [0.2, 0.25) is 0 Å². The summed E-state index contributed by atoms with van der Waals surface area (Å²) in [4.78, 5) is 12.4. The average molecular weight is 379 g/mol. The highest BCUT2D eigenvalue weighted by molar-refractivity contribution is 9.10. The van der Waals surface area contributed by atoms with Gasteiger partial charge in [-0.3, -0.25) is 4.79 Å². The standard InChI is InChI=1S/C17H23BrN4O/c1-4-16-15(17(23)20-10-12(3)19-5-2)11-21-22(16)14-8-6-13(18)7-9-14/h6-9,11-12,19H,4-5,10H2,1-3H3,(H,20,23)/t12-/m1/s1. The number of carbonyl (C=O) groups is 1. The molecule has 1 aromatic carbocycles. The second-order valence-corrected chi connectivity index (χ2v) is 6.33. The summed E-state index contributed by atoms with van der Waals surface area (Å²) >= 11 is 3.43. The number of aromatic nitrogens is 2. The molecule has 5 nitrogen and oxygen atoms in total. The Bertz CT molecular complexity index is 651. The zero-order chi connectivity index (χ0) is 16.8. The predicted molar refractivity (Wildman–Crippen MR) is 96.1 cm³/mol. The number of halogens is 1. The number of nitrogens with one attached hydrogen (secondary N) is 2. The summed E-state index contributed by atoms with van der Waals surface area (Å²) in [5.41, 5.74) is 2.50. The van der Waals surface area contributed by atoms with Crippen molar-refractivity contribution in [2.45, 2.75) is 33.2 Å². The largest absolute Gasteiger partial charge is 0.350 e. The minimum atomic E-state index is -0.0741. The Morgan fingerprint density at radius 1 is 1.30 bits per heavy atom. The Hall–Kier alpha value is -1.66. The van der Waals surface area contributed by atoms with Gasteiger partial charge in [-0.2, -0.15) is 5.10 Å². The SMILES string of the molecule is CCN[C@H](C)CNC(=O)c1cnn(-c2ccc(Br)cc2)c1CC. The highest BCUT2D eigenvalue weighted by Crippen LogP contribution is 2.18. The van der Waals surface area contributed by atoms with E-state index in [1.807, 2.05) is 35.9 Å². The Morgan fingerprint density at radius 3 is 2.61 bits per heavy atom. The van der Waals surface area contributed by atoms with Crippen LogP contribution in [0.15, 0.2) is 34.9 Å². The Labute approximate surface area is 145 Å². The zero-order valence-electron chi connectivity index (χ0n) is 13.8. The van der Waals surface area contributed by atoms with E-state index in [0.29, 0.717) is 12.1 Å². The van der Waals surface area contributed by atoms with E-state index in [9.17, 15) is 4.79 Å². The molecule has 0 aliphatic rings. The van der Waals surface area contributed by atoms with Gasteiger partial charge < -0.3 is 10.6 Å². The summed E-state index contributed by atoms with van der Waals surface area (Å²) in [6.45, 7) is 7.62. The minimum absolute atomic E-state index is 0.0741. The van der Waals surface area contributed by atoms with Crippen molar-refractivity contribution < 1.29 is 4.79 Å². The summed E-state index contributed by atoms with van der Waals surface area (Å²) in [7, 11) is 0. The van der Waals surface area contributed by atoms with Crippen molar-refractivity contribution in [1.82, 2.24) is 20.4 Å². The van der Waals surface area contributed by atoms with Gasteiger partial charge in [0.1, 0.15) is 0 Å². The second-order valence-electron chi connectivity index (χ2n) is 5.42. The van der Waals surface area contributed by atoms with Crippen LogP contribution < -0.4 is 10.6 Å². The number of hydrogen-bond donors (Lipinski definition) is 2. The third-order valence-electron chi connectivity index (χ3n) is 3.64. The fourth-order valence-corrected chi connectivity index (χ4v) is 2.73. The van der Waals surface area contributed by atoms with Crippen molar-refractivity contribution in [3.05, 3.63) is 46.2 Å². The topological polar surface area (TPSA) is 58.9 Å². The van der Waals surface area contributed by atoms with Gasteiger partial charge in [-0.15, -0.1) is 0 Å². The van der Waals surface area contributed by atoms with E-state index in [4.69, 9.17) is 0 Å². The van der Waals surface area contributed by atoms with Crippen molar-refractivity contribution in [2.24, 2.45) is 0 Å². The molecule has 0 aliphatic heterocycles. The molecule has 2 N–H and O–H groups in total. The number of rotatable bonds is 7. The first-order valence-corrected chi connectivity index (χ1v) is 8.70. The smallest absolute Gasteiger partial charge is 0.254 e. The summed E-state index contributed by atoms with van der Waals surface area (Å²) in [6, 6.07) is 8.13. The van der Waals surface area contributed by atoms with E-state index in [0.717, 1.165) is 28.8 Å². The number of likely N-dealkylation sites (N-methyl/N-ethyl adjacent to an activating group) is 1. The lowest BCUT2D eigenvalue weighted by molar-refractivity contribution is 0.0949. The fourth-order valence-electron chi connectivity index (χ4n) is 2.47. The maximum absolute atomic E-state index is 12.4. The van der Waals surface area contributed by atoms with Crippen molar-refractivity contribution in [2.75, 3.05) is 13.1 Å². The number of carbonyl (C=O) groups excluding carboxylic acids is 1. The van der Waals surface area contributed by atoms with Crippen LogP contribution in [0.25, 0.3) is 5.69 Å². The Balaban J connectivity index is 2.17. The maximum atomic E-state index is 12.4. The molecule has 0 aliphatic carbocycles. The molecule has 6 heteroatoms. The predicted octanol–water partition coefficient (Wildman–Crippen LogP) is 2.93. The van der Waals surface area contributed by atoms with E-state index in [1.54, 1.807) is 6.20 Å². The van der Waals surface area contributed by atoms with Gasteiger partial charge in [0, 0.05) is 17.1 Å². The van der Waals surface area contributed by atoms with E-state index in [-0.39, 0.29) is 11.9 Å². The molecule has 0 radical (unpaired) electrons. The van der Waals surface area contributed by atoms with Gasteiger partial charge in [0.05, 0.1) is 23.1 Å². The summed E-state index contributed by atoms with van der Waals surface area (Å²) < 4.78 is 2.84. The maximum Gasteiger partial charge on any atom is 0.254 e. The Kier molecular flexibility index (Phi) is 6.36. The summed E-state index contributed by atoms with van der Waals surface area (Å²) in [5, 5.41) is 10.6. The molecule has 0 saturated heterocycles. The first-order valence-electron chi connectivity index (χ1n) is 7.91. The molecule has 1 aromatic heterocycles. The van der Waals surface area contributed by atoms with Crippen LogP contribution in [0.2, 0.25) is 0 Å². The van der Waals surface area contributed by atoms with Gasteiger partial charge in [-0.05, 0) is 44.2 Å². The van der Waals surface area contributed by atoms with Gasteiger partial charge in [-0.1, -0.05) is 29.8 Å². The lowest BCUT2D eigenvalue weighted by atomic mass is 10.2. The van der Waals surface area contributed by atoms with Crippen LogP contribution in [0, 0.1) is 0 Å². The van der Waals surface area contributed by atoms with Crippen LogP contribution in [0.5, 0.6) is 0 Å². The monoisotopic (exact) mass is 378 g/mol. The van der Waals surface area contributed by atoms with Gasteiger partial charge in [-0.25, -0.2) is 4.68 Å². The van der Waals surface area contributed by atoms with Crippen LogP contribution in [-0.2, 0) is 6.42 Å². The van der Waals surface area contributed by atoms with Gasteiger partial charge in [0.15, 0.2) is 0 Å². The van der Waals surface area contributed by atoms with Crippen molar-refractivity contribution in [1.29, 1.82) is 0 Å². The lowest BCUT2D eigenvalue weighted by Crippen LogP contribution is -2.39. The molecule has 124 valence electrons. The molecule has 0 spiro atoms. The minimum Gasteiger partial charge on any atom is -0.350 e. The highest BCUT2D eigenvalue weighted by atomic mass is 79.9. The van der Waals surface area contributed by atoms with Gasteiger partial charge in [0.25, 0.3) is 5.91 Å². The van der Waals surface area contributed by atoms with Crippen LogP contribution in [0.4, 0.5) is 0 Å². The molecule has 1 amide bonds. The number of benzene rings is 1. The van der Waals surface area contributed by atoms with Crippen molar-refractivity contribution in [3.63, 3.8) is 0 Å². The van der Waals surface area contributed by atoms with E-state index >= 15 is 0 Å². The highest BCUT2D eigenvalue weighted by Gasteiger charge is 2.17. The second kappa shape index (κ2) is 8.26. The molecule has 1 heterocycles. The third-order valence-corrected chi connectivity index (χ3v) is 4.17. The number of hydrogen-bond acceptors (Lipinski definition) is 3. The third kappa shape index (κ3) is 4.42. The molecule has 0 fully saturated rings. The molecule has 0 unspecified atom stereocenters. The summed E-state index contributed by atoms with van der Waals surface area (Å²) in [6.07, 6.45) is 2.38. The van der Waals surface area contributed by atoms with E-state index < -0.39 is 0 Å². The molecule has 0 saturated carbocycles. The van der Waals surface area contributed by atoms with E-state index in [2.05, 4.69) is 45.5 Å². The van der Waals surface area contributed by atoms with Crippen molar-refractivity contribution >= 4 is 21.8 Å². The molecule has 0 bridgehead atoms. The van der Waals surface area contributed by atoms with Gasteiger partial charge >= 0.3 is 0 Å². The zero-order valence-corrected chi connectivity index (χ0v) is 15.4. The lowest BCUT2D eigenvalue weighted by Gasteiger charge is -2.13. The first-order chi connectivity index (χ1) is 11.1. The fraction of sp³-hybridized carbons (Fsp3) is 0.412. The average Bonchev–Trinajstić information content (AvgIpc) is 2.97. The van der Waals surface area contributed by atoms with Crippen molar-refractivity contribution in [3.8, 4) is 5.69 Å². The molecular weight excluding hydrogens is 356 g/mol. The summed E-state index contributed by atoms with van der Waals surface area (Å²) in [5.74, 6) is -0.0741. The molecule has 2 aromatic rings. The Morgan fingerprint density at radius 2 is 2.00 bits per heavy atom. The molecule has 23 heavy (non-hydrogen) atoms. The first kappa shape index (κ1) is 17.7. The van der Waals surface area contributed by atoms with Crippen LogP contribution in [0.3, 0.4) is 0 Å². The molecule has 1 atom stereocenters. The van der Waals surface area contributed by atoms with Crippen LogP contribution in [0.1, 0.15) is 36.8 Å². The van der Waals surface area contributed by atoms with E-state index in [1.165, 1.54) is 0 Å². The van der Waals surface area contributed by atoms with Crippen LogP contribution >= 0.6 is 15.9 Å².